The molecule has 140 valence electrons. The fourth-order valence-electron chi connectivity index (χ4n) is 2.47. The highest BCUT2D eigenvalue weighted by Gasteiger charge is 2.32. The molecule has 1 fully saturated rings. The quantitative estimate of drug-likeness (QED) is 0.681. The number of amides is 2. The second-order valence-corrected chi connectivity index (χ2v) is 6.92. The second kappa shape index (κ2) is 9.84. The van der Waals surface area contributed by atoms with Crippen LogP contribution in [0.5, 0.6) is 0 Å². The van der Waals surface area contributed by atoms with E-state index in [0.29, 0.717) is 32.9 Å². The molecule has 1 aliphatic rings. The third-order valence-corrected chi connectivity index (χ3v) is 3.69. The van der Waals surface area contributed by atoms with E-state index in [2.05, 4.69) is 5.32 Å². The van der Waals surface area contributed by atoms with Crippen molar-refractivity contribution in [3.63, 3.8) is 0 Å². The molecule has 0 aliphatic carbocycles. The maximum absolute atomic E-state index is 12.2. The van der Waals surface area contributed by atoms with Crippen LogP contribution in [0.1, 0.15) is 47.5 Å². The topological polar surface area (TPSA) is 77.1 Å². The molecule has 0 radical (unpaired) electrons. The molecule has 0 aromatic heterocycles. The molecule has 2 amide bonds. The lowest BCUT2D eigenvalue weighted by molar-refractivity contribution is -0.132. The molecule has 0 aromatic rings. The van der Waals surface area contributed by atoms with Crippen LogP contribution in [0.4, 0.5) is 4.79 Å². The third kappa shape index (κ3) is 7.49. The van der Waals surface area contributed by atoms with Crippen LogP contribution in [-0.2, 0) is 19.0 Å². The maximum Gasteiger partial charge on any atom is 0.410 e. The molecule has 1 heterocycles. The Bertz CT molecular complexity index is 408. The van der Waals surface area contributed by atoms with Crippen molar-refractivity contribution in [2.24, 2.45) is 0 Å². The summed E-state index contributed by atoms with van der Waals surface area (Å²) >= 11 is 0. The molecule has 2 atom stereocenters. The summed E-state index contributed by atoms with van der Waals surface area (Å²) in [6.45, 7) is 11.7. The molecular formula is C17H32N2O5. The highest BCUT2D eigenvalue weighted by molar-refractivity contribution is 5.80. The Morgan fingerprint density at radius 3 is 2.62 bits per heavy atom. The average molecular weight is 344 g/mol. The molecule has 7 heteroatoms. The normalized spacial score (nSPS) is 19.2. The van der Waals surface area contributed by atoms with Crippen molar-refractivity contribution in [1.29, 1.82) is 0 Å². The van der Waals surface area contributed by atoms with Gasteiger partial charge in [-0.15, -0.1) is 0 Å². The van der Waals surface area contributed by atoms with E-state index >= 15 is 0 Å². The number of likely N-dealkylation sites (tertiary alicyclic amines) is 1. The van der Waals surface area contributed by atoms with Gasteiger partial charge in [0, 0.05) is 19.7 Å². The average Bonchev–Trinajstić information content (AvgIpc) is 2.95. The smallest absolute Gasteiger partial charge is 0.410 e. The van der Waals surface area contributed by atoms with Gasteiger partial charge >= 0.3 is 6.09 Å². The van der Waals surface area contributed by atoms with Crippen LogP contribution >= 0.6 is 0 Å². The fraction of sp³-hybridized carbons (Fsp3) is 0.882. The molecule has 0 unspecified atom stereocenters. The second-order valence-electron chi connectivity index (χ2n) is 6.92. The number of carbonyl (C=O) groups excluding carboxylic acids is 2. The van der Waals surface area contributed by atoms with E-state index in [0.717, 1.165) is 12.8 Å². The van der Waals surface area contributed by atoms with Crippen molar-refractivity contribution in [2.45, 2.75) is 65.2 Å². The SMILES string of the molecule is CCOCCO[C@H](C)C(=O)NC[C@@H]1CCCN1C(=O)OC(C)(C)C. The van der Waals surface area contributed by atoms with Crippen molar-refractivity contribution in [3.8, 4) is 0 Å². The third-order valence-electron chi connectivity index (χ3n) is 3.69. The van der Waals surface area contributed by atoms with E-state index in [4.69, 9.17) is 14.2 Å². The van der Waals surface area contributed by atoms with Gasteiger partial charge in [0.15, 0.2) is 0 Å². The Labute approximate surface area is 145 Å². The molecule has 1 rings (SSSR count). The lowest BCUT2D eigenvalue weighted by Crippen LogP contribution is -2.46. The summed E-state index contributed by atoms with van der Waals surface area (Å²) in [5.74, 6) is -0.178. The number of ether oxygens (including phenoxy) is 3. The summed E-state index contributed by atoms with van der Waals surface area (Å²) in [7, 11) is 0. The molecule has 0 spiro atoms. The van der Waals surface area contributed by atoms with Crippen LogP contribution < -0.4 is 5.32 Å². The number of hydrogen-bond donors (Lipinski definition) is 1. The minimum absolute atomic E-state index is 0.0283. The molecule has 1 N–H and O–H groups in total. The largest absolute Gasteiger partial charge is 0.444 e. The van der Waals surface area contributed by atoms with Gasteiger partial charge in [-0.25, -0.2) is 4.79 Å². The standard InChI is InChI=1S/C17H32N2O5/c1-6-22-10-11-23-13(2)15(20)18-12-14-8-7-9-19(14)16(21)24-17(3,4)5/h13-14H,6-12H2,1-5H3,(H,18,20)/t13-,14+/m1/s1. The summed E-state index contributed by atoms with van der Waals surface area (Å²) in [5, 5.41) is 2.86. The van der Waals surface area contributed by atoms with Gasteiger partial charge in [-0.2, -0.15) is 0 Å². The van der Waals surface area contributed by atoms with E-state index in [1.165, 1.54) is 0 Å². The Kier molecular flexibility index (Phi) is 8.48. The van der Waals surface area contributed by atoms with Crippen LogP contribution in [-0.4, -0.2) is 67.6 Å². The molecular weight excluding hydrogens is 312 g/mol. The van der Waals surface area contributed by atoms with Crippen molar-refractivity contribution in [2.75, 3.05) is 32.9 Å². The van der Waals surface area contributed by atoms with E-state index in [1.54, 1.807) is 11.8 Å². The van der Waals surface area contributed by atoms with Crippen LogP contribution in [0, 0.1) is 0 Å². The van der Waals surface area contributed by atoms with Crippen LogP contribution in [0.2, 0.25) is 0 Å². The lowest BCUT2D eigenvalue weighted by atomic mass is 10.2. The predicted molar refractivity (Wildman–Crippen MR) is 90.9 cm³/mol. The van der Waals surface area contributed by atoms with Gasteiger partial charge in [-0.3, -0.25) is 4.79 Å². The van der Waals surface area contributed by atoms with Crippen LogP contribution in [0.25, 0.3) is 0 Å². The fourth-order valence-corrected chi connectivity index (χ4v) is 2.47. The molecule has 0 aromatic carbocycles. The first kappa shape index (κ1) is 20.7. The van der Waals surface area contributed by atoms with Crippen molar-refractivity contribution in [3.05, 3.63) is 0 Å². The molecule has 0 bridgehead atoms. The Morgan fingerprint density at radius 1 is 1.29 bits per heavy atom. The number of nitrogens with zero attached hydrogens (tertiary/aromatic N) is 1. The van der Waals surface area contributed by atoms with Gasteiger partial charge in [0.1, 0.15) is 11.7 Å². The highest BCUT2D eigenvalue weighted by Crippen LogP contribution is 2.20. The zero-order valence-corrected chi connectivity index (χ0v) is 15.6. The Balaban J connectivity index is 2.36. The predicted octanol–water partition coefficient (Wildman–Crippen LogP) is 1.94. The molecule has 0 saturated carbocycles. The molecule has 1 saturated heterocycles. The minimum atomic E-state index is -0.540. The lowest BCUT2D eigenvalue weighted by Gasteiger charge is -2.29. The van der Waals surface area contributed by atoms with Crippen molar-refractivity contribution >= 4 is 12.0 Å². The van der Waals surface area contributed by atoms with Crippen molar-refractivity contribution < 1.29 is 23.8 Å². The molecule has 7 nitrogen and oxygen atoms in total. The van der Waals surface area contributed by atoms with E-state index in [1.807, 2.05) is 27.7 Å². The first-order valence-electron chi connectivity index (χ1n) is 8.71. The zero-order chi connectivity index (χ0) is 18.2. The monoisotopic (exact) mass is 344 g/mol. The number of nitrogens with one attached hydrogen (secondary N) is 1. The van der Waals surface area contributed by atoms with Gasteiger partial charge in [0.2, 0.25) is 5.91 Å². The highest BCUT2D eigenvalue weighted by atomic mass is 16.6. The molecule has 24 heavy (non-hydrogen) atoms. The first-order valence-corrected chi connectivity index (χ1v) is 8.71. The van der Waals surface area contributed by atoms with Gasteiger partial charge in [0.05, 0.1) is 19.3 Å². The first-order chi connectivity index (χ1) is 11.2. The summed E-state index contributed by atoms with van der Waals surface area (Å²) < 4.78 is 16.0. The number of carbonyl (C=O) groups is 2. The number of hydrogen-bond acceptors (Lipinski definition) is 5. The zero-order valence-electron chi connectivity index (χ0n) is 15.6. The van der Waals surface area contributed by atoms with Crippen LogP contribution in [0.15, 0.2) is 0 Å². The number of rotatable bonds is 8. The van der Waals surface area contributed by atoms with Crippen molar-refractivity contribution in [1.82, 2.24) is 10.2 Å². The minimum Gasteiger partial charge on any atom is -0.444 e. The van der Waals surface area contributed by atoms with Gasteiger partial charge in [0.25, 0.3) is 0 Å². The Morgan fingerprint density at radius 2 is 2.00 bits per heavy atom. The summed E-state index contributed by atoms with van der Waals surface area (Å²) in [4.78, 5) is 26.0. The van der Waals surface area contributed by atoms with E-state index < -0.39 is 11.7 Å². The van der Waals surface area contributed by atoms with Gasteiger partial charge in [-0.05, 0) is 47.5 Å². The summed E-state index contributed by atoms with van der Waals surface area (Å²) in [6.07, 6.45) is 0.918. The van der Waals surface area contributed by atoms with E-state index in [-0.39, 0.29) is 18.0 Å². The summed E-state index contributed by atoms with van der Waals surface area (Å²) in [5.41, 5.74) is -0.517. The van der Waals surface area contributed by atoms with Gasteiger partial charge < -0.3 is 24.4 Å². The summed E-state index contributed by atoms with van der Waals surface area (Å²) in [6, 6.07) is -0.0283. The maximum atomic E-state index is 12.2. The molecule has 1 aliphatic heterocycles. The van der Waals surface area contributed by atoms with E-state index in [9.17, 15) is 9.59 Å². The van der Waals surface area contributed by atoms with Gasteiger partial charge in [-0.1, -0.05) is 0 Å². The Hall–Kier alpha value is -1.34. The van der Waals surface area contributed by atoms with Crippen LogP contribution in [0.3, 0.4) is 0 Å².